The number of nitrogens with two attached hydrogens (primary N) is 1. The Morgan fingerprint density at radius 3 is 2.90 bits per heavy atom. The topological polar surface area (TPSA) is 55.6 Å². The van der Waals surface area contributed by atoms with Crippen LogP contribution in [-0.4, -0.2) is 36.5 Å². The van der Waals surface area contributed by atoms with Crippen LogP contribution in [0.15, 0.2) is 18.2 Å². The van der Waals surface area contributed by atoms with Gasteiger partial charge in [0.15, 0.2) is 0 Å². The second-order valence-electron chi connectivity index (χ2n) is 5.05. The summed E-state index contributed by atoms with van der Waals surface area (Å²) in [5, 5.41) is 1.00. The van der Waals surface area contributed by atoms with Gasteiger partial charge in [-0.2, -0.15) is 0 Å². The summed E-state index contributed by atoms with van der Waals surface area (Å²) in [4.78, 5) is 13.8. The Balaban J connectivity index is 2.06. The van der Waals surface area contributed by atoms with Crippen molar-refractivity contribution < 1.29 is 9.53 Å². The molecule has 1 saturated heterocycles. The zero-order chi connectivity index (χ0) is 14.7. The number of halogens is 2. The van der Waals surface area contributed by atoms with Gasteiger partial charge in [-0.1, -0.05) is 29.3 Å². The molecule has 6 heteroatoms. The predicted octanol–water partition coefficient (Wildman–Crippen LogP) is 2.63. The number of benzene rings is 1. The van der Waals surface area contributed by atoms with Gasteiger partial charge in [0.05, 0.1) is 23.2 Å². The lowest BCUT2D eigenvalue weighted by Crippen LogP contribution is -2.43. The summed E-state index contributed by atoms with van der Waals surface area (Å²) in [5.41, 5.74) is 6.60. The molecule has 1 aromatic carbocycles. The van der Waals surface area contributed by atoms with E-state index >= 15 is 0 Å². The lowest BCUT2D eigenvalue weighted by Gasteiger charge is -2.33. The van der Waals surface area contributed by atoms with Gasteiger partial charge in [0.2, 0.25) is 5.91 Å². The number of carbonyl (C=O) groups excluding carboxylic acids is 1. The molecule has 1 aliphatic heterocycles. The van der Waals surface area contributed by atoms with E-state index in [1.165, 1.54) is 0 Å². The van der Waals surface area contributed by atoms with E-state index < -0.39 is 0 Å². The highest BCUT2D eigenvalue weighted by Crippen LogP contribution is 2.29. The van der Waals surface area contributed by atoms with Crippen LogP contribution in [0.3, 0.4) is 0 Å². The number of ether oxygens (including phenoxy) is 1. The Bertz CT molecular complexity index is 494. The monoisotopic (exact) mass is 316 g/mol. The largest absolute Gasteiger partial charge is 0.370 e. The zero-order valence-electron chi connectivity index (χ0n) is 11.3. The van der Waals surface area contributed by atoms with Crippen molar-refractivity contribution in [1.82, 2.24) is 4.90 Å². The van der Waals surface area contributed by atoms with Crippen molar-refractivity contribution in [3.63, 3.8) is 0 Å². The third-order valence-corrected chi connectivity index (χ3v) is 3.97. The highest BCUT2D eigenvalue weighted by molar-refractivity contribution is 6.42. The van der Waals surface area contributed by atoms with Gasteiger partial charge in [-0.25, -0.2) is 0 Å². The molecule has 2 atom stereocenters. The van der Waals surface area contributed by atoms with Gasteiger partial charge < -0.3 is 15.4 Å². The molecule has 1 amide bonds. The van der Waals surface area contributed by atoms with Crippen LogP contribution < -0.4 is 5.73 Å². The minimum Gasteiger partial charge on any atom is -0.370 e. The maximum atomic E-state index is 12.0. The van der Waals surface area contributed by atoms with Crippen LogP contribution in [0.25, 0.3) is 0 Å². The first-order valence-electron chi connectivity index (χ1n) is 6.57. The van der Waals surface area contributed by atoms with E-state index in [1.54, 1.807) is 17.0 Å². The minimum absolute atomic E-state index is 0.0633. The van der Waals surface area contributed by atoms with Crippen LogP contribution in [-0.2, 0) is 9.53 Å². The van der Waals surface area contributed by atoms with Gasteiger partial charge in [0.25, 0.3) is 0 Å². The van der Waals surface area contributed by atoms with Gasteiger partial charge >= 0.3 is 0 Å². The molecule has 0 saturated carbocycles. The van der Waals surface area contributed by atoms with Gasteiger partial charge in [-0.05, 0) is 24.6 Å². The van der Waals surface area contributed by atoms with Gasteiger partial charge in [-0.3, -0.25) is 4.79 Å². The molecule has 1 aliphatic rings. The zero-order valence-corrected chi connectivity index (χ0v) is 12.8. The number of nitrogens with zero attached hydrogens (tertiary/aromatic N) is 1. The molecule has 0 aliphatic carbocycles. The van der Waals surface area contributed by atoms with Crippen molar-refractivity contribution in [2.45, 2.75) is 25.5 Å². The van der Waals surface area contributed by atoms with E-state index in [1.807, 2.05) is 13.0 Å². The summed E-state index contributed by atoms with van der Waals surface area (Å²) in [6, 6.07) is 5.27. The van der Waals surface area contributed by atoms with Crippen molar-refractivity contribution in [3.05, 3.63) is 33.8 Å². The maximum Gasteiger partial charge on any atom is 0.224 e. The normalized spacial score (nSPS) is 20.8. The summed E-state index contributed by atoms with van der Waals surface area (Å²) in [6.07, 6.45) is 0.184. The molecule has 1 fully saturated rings. The first-order chi connectivity index (χ1) is 9.47. The molecule has 0 aromatic heterocycles. The molecule has 2 unspecified atom stereocenters. The maximum absolute atomic E-state index is 12.0. The van der Waals surface area contributed by atoms with Crippen LogP contribution in [0.5, 0.6) is 0 Å². The van der Waals surface area contributed by atoms with Gasteiger partial charge in [0, 0.05) is 19.0 Å². The first kappa shape index (κ1) is 15.6. The summed E-state index contributed by atoms with van der Waals surface area (Å²) >= 11 is 11.9. The molecule has 0 spiro atoms. The lowest BCUT2D eigenvalue weighted by molar-refractivity contribution is -0.139. The fourth-order valence-corrected chi connectivity index (χ4v) is 2.50. The number of hydrogen-bond acceptors (Lipinski definition) is 3. The second kappa shape index (κ2) is 6.76. The van der Waals surface area contributed by atoms with E-state index in [0.717, 1.165) is 5.56 Å². The molecule has 110 valence electrons. The van der Waals surface area contributed by atoms with Crippen molar-refractivity contribution in [2.24, 2.45) is 5.73 Å². The molecule has 2 N–H and O–H groups in total. The third kappa shape index (κ3) is 3.85. The molecule has 1 heterocycles. The third-order valence-electron chi connectivity index (χ3n) is 3.23. The fraction of sp³-hybridized carbons (Fsp3) is 0.500. The van der Waals surface area contributed by atoms with Crippen molar-refractivity contribution >= 4 is 29.1 Å². The average molecular weight is 317 g/mol. The van der Waals surface area contributed by atoms with Crippen LogP contribution in [0.4, 0.5) is 0 Å². The summed E-state index contributed by atoms with van der Waals surface area (Å²) < 4.78 is 5.72. The van der Waals surface area contributed by atoms with E-state index in [2.05, 4.69) is 0 Å². The van der Waals surface area contributed by atoms with E-state index in [9.17, 15) is 4.79 Å². The molecular formula is C14H18Cl2N2O2. The van der Waals surface area contributed by atoms with Gasteiger partial charge in [0.1, 0.15) is 6.10 Å². The number of hydrogen-bond donors (Lipinski definition) is 1. The van der Waals surface area contributed by atoms with Crippen molar-refractivity contribution in [3.8, 4) is 0 Å². The lowest BCUT2D eigenvalue weighted by atomic mass is 10.1. The Morgan fingerprint density at radius 2 is 2.25 bits per heavy atom. The predicted molar refractivity (Wildman–Crippen MR) is 80.0 cm³/mol. The summed E-state index contributed by atoms with van der Waals surface area (Å²) in [5.74, 6) is 0.0633. The molecule has 2 rings (SSSR count). The van der Waals surface area contributed by atoms with Gasteiger partial charge in [-0.15, -0.1) is 0 Å². The summed E-state index contributed by atoms with van der Waals surface area (Å²) in [6.45, 7) is 3.46. The van der Waals surface area contributed by atoms with E-state index in [4.69, 9.17) is 33.7 Å². The number of amides is 1. The SMILES string of the molecule is CC(N)CC(=O)N1CCOC(c2ccc(Cl)c(Cl)c2)C1. The summed E-state index contributed by atoms with van der Waals surface area (Å²) in [7, 11) is 0. The quantitative estimate of drug-likeness (QED) is 0.932. The van der Waals surface area contributed by atoms with Crippen molar-refractivity contribution in [1.29, 1.82) is 0 Å². The van der Waals surface area contributed by atoms with Crippen LogP contribution in [0, 0.1) is 0 Å². The van der Waals surface area contributed by atoms with Crippen LogP contribution >= 0.6 is 23.2 Å². The molecule has 4 nitrogen and oxygen atoms in total. The Morgan fingerprint density at radius 1 is 1.50 bits per heavy atom. The fourth-order valence-electron chi connectivity index (χ4n) is 2.19. The standard InChI is InChI=1S/C14H18Cl2N2O2/c1-9(17)6-14(19)18-4-5-20-13(8-18)10-2-3-11(15)12(16)7-10/h2-3,7,9,13H,4-6,8,17H2,1H3. The second-order valence-corrected chi connectivity index (χ2v) is 5.87. The first-order valence-corrected chi connectivity index (χ1v) is 7.33. The van der Waals surface area contributed by atoms with E-state index in [-0.39, 0.29) is 18.1 Å². The Hall–Kier alpha value is -0.810. The highest BCUT2D eigenvalue weighted by Gasteiger charge is 2.26. The minimum atomic E-state index is -0.171. The molecule has 20 heavy (non-hydrogen) atoms. The van der Waals surface area contributed by atoms with Crippen molar-refractivity contribution in [2.75, 3.05) is 19.7 Å². The highest BCUT2D eigenvalue weighted by atomic mass is 35.5. The average Bonchev–Trinajstić information content (AvgIpc) is 2.41. The Kier molecular flexibility index (Phi) is 5.27. The van der Waals surface area contributed by atoms with E-state index in [0.29, 0.717) is 36.2 Å². The number of morpholine rings is 1. The smallest absolute Gasteiger partial charge is 0.224 e. The Labute approximate surface area is 128 Å². The molecule has 0 radical (unpaired) electrons. The van der Waals surface area contributed by atoms with Crippen LogP contribution in [0.2, 0.25) is 10.0 Å². The molecule has 0 bridgehead atoms. The number of carbonyl (C=O) groups is 1. The van der Waals surface area contributed by atoms with Crippen LogP contribution in [0.1, 0.15) is 25.0 Å². The number of rotatable bonds is 3. The molecule has 1 aromatic rings. The molecular weight excluding hydrogens is 299 g/mol.